The number of aromatic amines is 1. The Morgan fingerprint density at radius 3 is 2.58 bits per heavy atom. The Balaban J connectivity index is 1.33. The number of nitrogens with zero attached hydrogens (tertiary/aromatic N) is 5. The SMILES string of the molecule is COc1ncc(-c2n[nH]c3cc4c(cc23)CN([C@@H]2CN(CC(F)(F)F)C[C@H]2c2ccccc2)C(=O)N4)cn1. The van der Waals surface area contributed by atoms with Gasteiger partial charge in [0.05, 0.1) is 25.2 Å². The first-order chi connectivity index (χ1) is 18.3. The molecule has 0 radical (unpaired) electrons. The van der Waals surface area contributed by atoms with Crippen molar-refractivity contribution in [3.63, 3.8) is 0 Å². The molecule has 1 saturated heterocycles. The van der Waals surface area contributed by atoms with Crippen molar-refractivity contribution < 1.29 is 22.7 Å². The molecule has 0 bridgehead atoms. The summed E-state index contributed by atoms with van der Waals surface area (Å²) in [6.07, 6.45) is -1.08. The van der Waals surface area contributed by atoms with Gasteiger partial charge in [0, 0.05) is 54.6 Å². The molecule has 0 unspecified atom stereocenters. The number of hydrogen-bond acceptors (Lipinski definition) is 6. The van der Waals surface area contributed by atoms with Crippen LogP contribution in [0.2, 0.25) is 0 Å². The highest BCUT2D eigenvalue weighted by Gasteiger charge is 2.44. The smallest absolute Gasteiger partial charge is 0.401 e. The maximum atomic E-state index is 13.3. The van der Waals surface area contributed by atoms with Crippen molar-refractivity contribution in [1.29, 1.82) is 0 Å². The first-order valence-electron chi connectivity index (χ1n) is 12.1. The fraction of sp³-hybridized carbons (Fsp3) is 0.308. The van der Waals surface area contributed by atoms with Crippen LogP contribution in [0.25, 0.3) is 22.2 Å². The molecule has 2 aliphatic heterocycles. The first-order valence-corrected chi connectivity index (χ1v) is 12.1. The summed E-state index contributed by atoms with van der Waals surface area (Å²) in [5, 5.41) is 11.2. The number of rotatable bonds is 5. The Hall–Kier alpha value is -4.19. The monoisotopic (exact) mass is 523 g/mol. The number of fused-ring (bicyclic) bond motifs is 2. The summed E-state index contributed by atoms with van der Waals surface area (Å²) >= 11 is 0. The van der Waals surface area contributed by atoms with E-state index < -0.39 is 18.8 Å². The predicted molar refractivity (Wildman–Crippen MR) is 134 cm³/mol. The van der Waals surface area contributed by atoms with E-state index >= 15 is 0 Å². The van der Waals surface area contributed by atoms with Crippen LogP contribution >= 0.6 is 0 Å². The number of H-pyrrole nitrogens is 1. The van der Waals surface area contributed by atoms with Crippen molar-refractivity contribution in [3.05, 3.63) is 66.0 Å². The lowest BCUT2D eigenvalue weighted by atomic mass is 9.92. The highest BCUT2D eigenvalue weighted by Crippen LogP contribution is 2.38. The Labute approximate surface area is 215 Å². The molecule has 9 nitrogen and oxygen atoms in total. The molecule has 2 aromatic carbocycles. The summed E-state index contributed by atoms with van der Waals surface area (Å²) in [5.41, 5.74) is 4.46. The van der Waals surface area contributed by atoms with Crippen LogP contribution < -0.4 is 10.1 Å². The molecule has 2 aliphatic rings. The third-order valence-electron chi connectivity index (χ3n) is 7.11. The normalized spacial score (nSPS) is 20.0. The fourth-order valence-electron chi connectivity index (χ4n) is 5.42. The van der Waals surface area contributed by atoms with Gasteiger partial charge in [-0.25, -0.2) is 14.8 Å². The number of methoxy groups -OCH3 is 1. The van der Waals surface area contributed by atoms with Crippen molar-refractivity contribution in [2.24, 2.45) is 0 Å². The molecular weight excluding hydrogens is 499 g/mol. The van der Waals surface area contributed by atoms with E-state index in [0.29, 0.717) is 16.9 Å². The van der Waals surface area contributed by atoms with Crippen LogP contribution in [0.4, 0.5) is 23.7 Å². The summed E-state index contributed by atoms with van der Waals surface area (Å²) in [7, 11) is 1.49. The Morgan fingerprint density at radius 2 is 1.87 bits per heavy atom. The molecule has 4 heterocycles. The number of carbonyl (C=O) groups is 1. The number of carbonyl (C=O) groups excluding carboxylic acids is 1. The standard InChI is InChI=1S/C26H24F3N7O2/c1-38-24-30-9-17(10-31-24)23-18-7-16-11-36(25(37)32-20(16)8-21(18)33-34-23)22-13-35(14-26(27,28)29)12-19(22)15-5-3-2-4-6-15/h2-10,19,22H,11-14H2,1H3,(H,32,37)(H,33,34)/t19-,22+/m0/s1. The van der Waals surface area contributed by atoms with Gasteiger partial charge in [0.25, 0.3) is 0 Å². The van der Waals surface area contributed by atoms with Crippen molar-refractivity contribution in [1.82, 2.24) is 30.0 Å². The summed E-state index contributed by atoms with van der Waals surface area (Å²) in [4.78, 5) is 24.6. The molecule has 0 saturated carbocycles. The molecule has 4 aromatic rings. The number of likely N-dealkylation sites (tertiary alicyclic amines) is 1. The maximum absolute atomic E-state index is 13.3. The molecule has 2 atom stereocenters. The molecule has 1 fully saturated rings. The zero-order valence-corrected chi connectivity index (χ0v) is 20.4. The minimum atomic E-state index is -4.32. The van der Waals surface area contributed by atoms with Gasteiger partial charge in [-0.1, -0.05) is 30.3 Å². The van der Waals surface area contributed by atoms with Gasteiger partial charge in [-0.2, -0.15) is 18.3 Å². The number of hydrogen-bond donors (Lipinski definition) is 2. The highest BCUT2D eigenvalue weighted by molar-refractivity contribution is 6.00. The average Bonchev–Trinajstić information content (AvgIpc) is 3.50. The van der Waals surface area contributed by atoms with Gasteiger partial charge in [-0.15, -0.1) is 0 Å². The maximum Gasteiger partial charge on any atom is 0.401 e. The Morgan fingerprint density at radius 1 is 1.11 bits per heavy atom. The van der Waals surface area contributed by atoms with Crippen LogP contribution in [-0.2, 0) is 6.54 Å². The number of ether oxygens (including phenoxy) is 1. The van der Waals surface area contributed by atoms with Gasteiger partial charge < -0.3 is 15.0 Å². The zero-order valence-electron chi connectivity index (χ0n) is 20.4. The van der Waals surface area contributed by atoms with Gasteiger partial charge in [0.1, 0.15) is 5.69 Å². The number of benzene rings is 2. The van der Waals surface area contributed by atoms with E-state index in [9.17, 15) is 18.0 Å². The van der Waals surface area contributed by atoms with E-state index in [1.54, 1.807) is 17.3 Å². The van der Waals surface area contributed by atoms with E-state index in [-0.39, 0.29) is 37.6 Å². The average molecular weight is 524 g/mol. The molecule has 0 aliphatic carbocycles. The minimum absolute atomic E-state index is 0.129. The summed E-state index contributed by atoms with van der Waals surface area (Å²) in [6, 6.07) is 12.7. The third-order valence-corrected chi connectivity index (χ3v) is 7.11. The highest BCUT2D eigenvalue weighted by atomic mass is 19.4. The van der Waals surface area contributed by atoms with Crippen molar-refractivity contribution >= 4 is 22.6 Å². The number of nitrogens with one attached hydrogen (secondary N) is 2. The van der Waals surface area contributed by atoms with Crippen LogP contribution in [0.3, 0.4) is 0 Å². The Kier molecular flexibility index (Phi) is 5.90. The van der Waals surface area contributed by atoms with Crippen LogP contribution in [0, 0.1) is 0 Å². The van der Waals surface area contributed by atoms with Gasteiger partial charge >= 0.3 is 18.2 Å². The third kappa shape index (κ3) is 4.51. The van der Waals surface area contributed by atoms with Crippen LogP contribution in [0.15, 0.2) is 54.9 Å². The van der Waals surface area contributed by atoms with Crippen molar-refractivity contribution in [3.8, 4) is 17.3 Å². The topological polar surface area (TPSA) is 99.3 Å². The summed E-state index contributed by atoms with van der Waals surface area (Å²) < 4.78 is 44.8. The zero-order chi connectivity index (χ0) is 26.4. The molecule has 0 spiro atoms. The molecule has 2 aromatic heterocycles. The number of amides is 2. The number of halogens is 3. The van der Waals surface area contributed by atoms with E-state index in [2.05, 4.69) is 25.5 Å². The second-order valence-corrected chi connectivity index (χ2v) is 9.54. The second-order valence-electron chi connectivity index (χ2n) is 9.54. The Bertz CT molecular complexity index is 1470. The quantitative estimate of drug-likeness (QED) is 0.402. The first kappa shape index (κ1) is 24.2. The molecule has 2 amide bonds. The molecule has 2 N–H and O–H groups in total. The van der Waals surface area contributed by atoms with Gasteiger partial charge in [-0.3, -0.25) is 10.00 Å². The number of urea groups is 1. The van der Waals surface area contributed by atoms with Gasteiger partial charge in [-0.05, 0) is 23.3 Å². The molecule has 38 heavy (non-hydrogen) atoms. The molecule has 12 heteroatoms. The molecular formula is C26H24F3N7O2. The van der Waals surface area contributed by atoms with E-state index in [0.717, 1.165) is 22.0 Å². The lowest BCUT2D eigenvalue weighted by molar-refractivity contribution is -0.143. The lowest BCUT2D eigenvalue weighted by Gasteiger charge is -2.36. The van der Waals surface area contributed by atoms with Crippen molar-refractivity contribution in [2.75, 3.05) is 32.1 Å². The number of alkyl halides is 3. The summed E-state index contributed by atoms with van der Waals surface area (Å²) in [6.45, 7) is -0.409. The largest absolute Gasteiger partial charge is 0.467 e. The fourth-order valence-corrected chi connectivity index (χ4v) is 5.42. The molecule has 196 valence electrons. The lowest BCUT2D eigenvalue weighted by Crippen LogP contribution is -2.48. The summed E-state index contributed by atoms with van der Waals surface area (Å²) in [5.74, 6) is -0.254. The van der Waals surface area contributed by atoms with E-state index in [1.165, 1.54) is 12.0 Å². The second kappa shape index (κ2) is 9.28. The van der Waals surface area contributed by atoms with Gasteiger partial charge in [0.2, 0.25) is 0 Å². The number of anilines is 1. The van der Waals surface area contributed by atoms with Crippen molar-refractivity contribution in [2.45, 2.75) is 24.7 Å². The van der Waals surface area contributed by atoms with Crippen LogP contribution in [0.5, 0.6) is 6.01 Å². The van der Waals surface area contributed by atoms with E-state index in [4.69, 9.17) is 4.74 Å². The van der Waals surface area contributed by atoms with Gasteiger partial charge in [0.15, 0.2) is 0 Å². The molecule has 6 rings (SSSR count). The van der Waals surface area contributed by atoms with Crippen LogP contribution in [-0.4, -0.2) is 75.0 Å². The minimum Gasteiger partial charge on any atom is -0.467 e. The van der Waals surface area contributed by atoms with E-state index in [1.807, 2.05) is 42.5 Å². The number of aromatic nitrogens is 4. The predicted octanol–water partition coefficient (Wildman–Crippen LogP) is 4.41. The van der Waals surface area contributed by atoms with Crippen LogP contribution in [0.1, 0.15) is 17.0 Å².